The van der Waals surface area contributed by atoms with Gasteiger partial charge in [-0.05, 0) is 30.3 Å². The highest BCUT2D eigenvalue weighted by Crippen LogP contribution is 2.19. The maximum atomic E-state index is 11.9. The van der Waals surface area contributed by atoms with Gasteiger partial charge in [0.1, 0.15) is 0 Å². The van der Waals surface area contributed by atoms with Gasteiger partial charge in [-0.1, -0.05) is 23.2 Å². The fraction of sp³-hybridized carbons (Fsp3) is 0. The van der Waals surface area contributed by atoms with E-state index in [-0.39, 0.29) is 5.91 Å². The van der Waals surface area contributed by atoms with E-state index in [1.807, 2.05) is 0 Å². The number of rotatable bonds is 2. The topological polar surface area (TPSA) is 42.0 Å². The third-order valence-electron chi connectivity index (χ3n) is 2.06. The number of hydrogen-bond donors (Lipinski definition) is 1. The van der Waals surface area contributed by atoms with Crippen LogP contribution in [0.3, 0.4) is 0 Å². The number of nitrogens with one attached hydrogen (secondary N) is 1. The van der Waals surface area contributed by atoms with Crippen molar-refractivity contribution >= 4 is 34.8 Å². The summed E-state index contributed by atoms with van der Waals surface area (Å²) < 4.78 is 0. The predicted octanol–water partition coefficient (Wildman–Crippen LogP) is 3.64. The minimum absolute atomic E-state index is 0.263. The summed E-state index contributed by atoms with van der Waals surface area (Å²) in [4.78, 5) is 15.7. The van der Waals surface area contributed by atoms with Crippen LogP contribution in [0.15, 0.2) is 42.7 Å². The summed E-state index contributed by atoms with van der Waals surface area (Å²) in [6.07, 6.45) is 3.20. The molecule has 0 bridgehead atoms. The Bertz CT molecular complexity index is 523. The summed E-state index contributed by atoms with van der Waals surface area (Å²) in [6, 6.07) is 8.09. The number of aromatic nitrogens is 1. The Morgan fingerprint density at radius 3 is 2.24 bits per heavy atom. The van der Waals surface area contributed by atoms with Crippen molar-refractivity contribution in [3.05, 3.63) is 58.3 Å². The van der Waals surface area contributed by atoms with Gasteiger partial charge in [-0.2, -0.15) is 0 Å². The number of amides is 1. The second-order valence-corrected chi connectivity index (χ2v) is 4.22. The Kier molecular flexibility index (Phi) is 3.61. The van der Waals surface area contributed by atoms with E-state index in [1.54, 1.807) is 42.7 Å². The molecule has 0 saturated carbocycles. The maximum Gasteiger partial charge on any atom is 0.255 e. The van der Waals surface area contributed by atoms with Gasteiger partial charge in [0.15, 0.2) is 0 Å². The van der Waals surface area contributed by atoms with E-state index in [0.717, 1.165) is 0 Å². The van der Waals surface area contributed by atoms with Gasteiger partial charge in [0.2, 0.25) is 0 Å². The highest BCUT2D eigenvalue weighted by molar-refractivity contribution is 6.35. The highest BCUT2D eigenvalue weighted by atomic mass is 35.5. The van der Waals surface area contributed by atoms with E-state index >= 15 is 0 Å². The van der Waals surface area contributed by atoms with E-state index < -0.39 is 0 Å². The number of carbonyl (C=O) groups excluding carboxylic acids is 1. The zero-order valence-electron chi connectivity index (χ0n) is 8.65. The molecule has 17 heavy (non-hydrogen) atoms. The number of halogens is 2. The van der Waals surface area contributed by atoms with Gasteiger partial charge in [-0.15, -0.1) is 0 Å². The molecule has 1 amide bonds. The lowest BCUT2D eigenvalue weighted by Gasteiger charge is -2.05. The molecule has 0 aliphatic heterocycles. The first kappa shape index (κ1) is 11.9. The highest BCUT2D eigenvalue weighted by Gasteiger charge is 2.07. The minimum atomic E-state index is -0.263. The third kappa shape index (κ3) is 3.19. The largest absolute Gasteiger partial charge is 0.322 e. The molecule has 0 saturated heterocycles. The van der Waals surface area contributed by atoms with E-state index in [2.05, 4.69) is 10.3 Å². The monoisotopic (exact) mass is 266 g/mol. The molecule has 1 N–H and O–H groups in total. The predicted molar refractivity (Wildman–Crippen MR) is 68.7 cm³/mol. The molecule has 1 aromatic heterocycles. The van der Waals surface area contributed by atoms with Crippen molar-refractivity contribution in [2.45, 2.75) is 0 Å². The van der Waals surface area contributed by atoms with Crippen LogP contribution < -0.4 is 5.32 Å². The second kappa shape index (κ2) is 5.17. The molecular formula is C12H8Cl2N2O. The zero-order chi connectivity index (χ0) is 12.3. The van der Waals surface area contributed by atoms with Crippen molar-refractivity contribution in [2.75, 3.05) is 5.32 Å². The van der Waals surface area contributed by atoms with Crippen molar-refractivity contribution in [1.82, 2.24) is 4.98 Å². The van der Waals surface area contributed by atoms with Crippen molar-refractivity contribution in [1.29, 1.82) is 0 Å². The van der Waals surface area contributed by atoms with Crippen molar-refractivity contribution < 1.29 is 4.79 Å². The van der Waals surface area contributed by atoms with Gasteiger partial charge in [0.25, 0.3) is 5.91 Å². The van der Waals surface area contributed by atoms with Crippen LogP contribution in [-0.2, 0) is 0 Å². The number of anilines is 1. The van der Waals surface area contributed by atoms with Crippen molar-refractivity contribution in [2.24, 2.45) is 0 Å². The molecular weight excluding hydrogens is 259 g/mol. The second-order valence-electron chi connectivity index (χ2n) is 3.35. The Morgan fingerprint density at radius 2 is 1.65 bits per heavy atom. The van der Waals surface area contributed by atoms with Crippen molar-refractivity contribution in [3.8, 4) is 0 Å². The average Bonchev–Trinajstić information content (AvgIpc) is 2.29. The van der Waals surface area contributed by atoms with E-state index in [4.69, 9.17) is 23.2 Å². The molecule has 2 aromatic rings. The summed E-state index contributed by atoms with van der Waals surface area (Å²) in [7, 11) is 0. The molecule has 1 aromatic carbocycles. The number of carbonyl (C=O) groups is 1. The summed E-state index contributed by atoms with van der Waals surface area (Å²) in [5.74, 6) is -0.263. The van der Waals surface area contributed by atoms with Gasteiger partial charge in [-0.3, -0.25) is 9.78 Å². The molecule has 3 nitrogen and oxygen atoms in total. The lowest BCUT2D eigenvalue weighted by atomic mass is 10.2. The average molecular weight is 267 g/mol. The molecule has 0 radical (unpaired) electrons. The van der Waals surface area contributed by atoms with Crippen LogP contribution >= 0.6 is 23.2 Å². The number of hydrogen-bond acceptors (Lipinski definition) is 2. The zero-order valence-corrected chi connectivity index (χ0v) is 10.2. The van der Waals surface area contributed by atoms with Crippen molar-refractivity contribution in [3.63, 3.8) is 0 Å². The summed E-state index contributed by atoms with van der Waals surface area (Å²) in [5.41, 5.74) is 1.08. The normalized spacial score (nSPS) is 10.0. The summed E-state index contributed by atoms with van der Waals surface area (Å²) in [5, 5.41) is 3.57. The fourth-order valence-corrected chi connectivity index (χ4v) is 1.85. The Labute approximate surface area is 108 Å². The van der Waals surface area contributed by atoms with Crippen LogP contribution in [0.4, 0.5) is 5.69 Å². The lowest BCUT2D eigenvalue weighted by molar-refractivity contribution is 0.102. The summed E-state index contributed by atoms with van der Waals surface area (Å²) in [6.45, 7) is 0. The molecule has 86 valence electrons. The molecule has 0 atom stereocenters. The van der Waals surface area contributed by atoms with E-state index in [9.17, 15) is 4.79 Å². The Balaban J connectivity index is 2.20. The van der Waals surface area contributed by atoms with Crippen LogP contribution in [0.2, 0.25) is 10.0 Å². The maximum absolute atomic E-state index is 11.9. The fourth-order valence-electron chi connectivity index (χ4n) is 1.32. The first-order valence-corrected chi connectivity index (χ1v) is 5.58. The van der Waals surface area contributed by atoms with Gasteiger partial charge in [-0.25, -0.2) is 0 Å². The van der Waals surface area contributed by atoms with Crippen LogP contribution in [-0.4, -0.2) is 10.9 Å². The van der Waals surface area contributed by atoms with Gasteiger partial charge in [0, 0.05) is 33.7 Å². The quantitative estimate of drug-likeness (QED) is 0.902. The van der Waals surface area contributed by atoms with Crippen LogP contribution in [0.1, 0.15) is 10.4 Å². The first-order valence-electron chi connectivity index (χ1n) is 4.82. The third-order valence-corrected chi connectivity index (χ3v) is 2.50. The van der Waals surface area contributed by atoms with Gasteiger partial charge in [0.05, 0.1) is 0 Å². The van der Waals surface area contributed by atoms with E-state index in [0.29, 0.717) is 21.3 Å². The molecule has 0 aliphatic carbocycles. The smallest absolute Gasteiger partial charge is 0.255 e. The van der Waals surface area contributed by atoms with Gasteiger partial charge >= 0.3 is 0 Å². The SMILES string of the molecule is O=C(Nc1ccncc1)c1cc(Cl)cc(Cl)c1. The number of pyridine rings is 1. The molecule has 2 rings (SSSR count). The van der Waals surface area contributed by atoms with E-state index in [1.165, 1.54) is 0 Å². The molecule has 0 unspecified atom stereocenters. The Morgan fingerprint density at radius 1 is 1.06 bits per heavy atom. The Hall–Kier alpha value is -1.58. The first-order chi connectivity index (χ1) is 8.15. The number of benzene rings is 1. The van der Waals surface area contributed by atoms with Crippen LogP contribution in [0, 0.1) is 0 Å². The lowest BCUT2D eigenvalue weighted by Crippen LogP contribution is -2.11. The molecule has 0 aliphatic rings. The van der Waals surface area contributed by atoms with Gasteiger partial charge < -0.3 is 5.32 Å². The summed E-state index contributed by atoms with van der Waals surface area (Å²) >= 11 is 11.6. The molecule has 0 spiro atoms. The van der Waals surface area contributed by atoms with Crippen LogP contribution in [0.25, 0.3) is 0 Å². The molecule has 1 heterocycles. The molecule has 5 heteroatoms. The minimum Gasteiger partial charge on any atom is -0.322 e. The van der Waals surface area contributed by atoms with Crippen LogP contribution in [0.5, 0.6) is 0 Å². The standard InChI is InChI=1S/C12H8Cl2N2O/c13-9-5-8(6-10(14)7-9)12(17)16-11-1-3-15-4-2-11/h1-7H,(H,15,16,17). The molecule has 0 fully saturated rings. The number of nitrogens with zero attached hydrogens (tertiary/aromatic N) is 1.